The molecule has 0 bridgehead atoms. The monoisotopic (exact) mass is 289 g/mol. The van der Waals surface area contributed by atoms with Crippen molar-refractivity contribution < 1.29 is 9.47 Å². The Kier molecular flexibility index (Phi) is 5.57. The molecule has 0 spiro atoms. The minimum absolute atomic E-state index is 0.117. The molecule has 1 aromatic carbocycles. The van der Waals surface area contributed by atoms with Crippen molar-refractivity contribution in [2.75, 3.05) is 33.4 Å². The van der Waals surface area contributed by atoms with Crippen molar-refractivity contribution in [3.8, 4) is 0 Å². The van der Waals surface area contributed by atoms with Crippen molar-refractivity contribution in [2.24, 2.45) is 0 Å². The van der Waals surface area contributed by atoms with Crippen LogP contribution in [0.3, 0.4) is 0 Å². The highest BCUT2D eigenvalue weighted by molar-refractivity contribution is 5.52. The number of nitrogens with zero attached hydrogens (tertiary/aromatic N) is 1. The number of ether oxygens (including phenoxy) is 2. The smallest absolute Gasteiger partial charge is 0.0942 e. The second-order valence-electron chi connectivity index (χ2n) is 6.53. The standard InChI is InChI=1S/C18H27NO2/c1-15(10-16-8-6-5-7-9-16)11-19-12-17(13-20-4)21-18(2,3)14-19/h5-10,17H,11-14H2,1-4H3/b15-10+. The Morgan fingerprint density at radius 3 is 2.76 bits per heavy atom. The molecular formula is C18H27NO2. The van der Waals surface area contributed by atoms with Crippen LogP contribution < -0.4 is 0 Å². The molecule has 0 saturated carbocycles. The Morgan fingerprint density at radius 1 is 1.38 bits per heavy atom. The lowest BCUT2D eigenvalue weighted by atomic mass is 10.0. The van der Waals surface area contributed by atoms with Crippen molar-refractivity contribution in [3.63, 3.8) is 0 Å². The van der Waals surface area contributed by atoms with Gasteiger partial charge in [-0.3, -0.25) is 4.90 Å². The first-order valence-electron chi connectivity index (χ1n) is 7.60. The fraction of sp³-hybridized carbons (Fsp3) is 0.556. The molecular weight excluding hydrogens is 262 g/mol. The van der Waals surface area contributed by atoms with E-state index in [1.54, 1.807) is 7.11 Å². The molecule has 1 heterocycles. The first kappa shape index (κ1) is 16.2. The van der Waals surface area contributed by atoms with Gasteiger partial charge in [-0.1, -0.05) is 42.0 Å². The lowest BCUT2D eigenvalue weighted by Crippen LogP contribution is -2.54. The van der Waals surface area contributed by atoms with E-state index < -0.39 is 0 Å². The number of benzene rings is 1. The molecule has 1 aliphatic heterocycles. The summed E-state index contributed by atoms with van der Waals surface area (Å²) in [7, 11) is 1.73. The molecule has 2 rings (SSSR count). The number of rotatable bonds is 5. The van der Waals surface area contributed by atoms with E-state index in [4.69, 9.17) is 9.47 Å². The highest BCUT2D eigenvalue weighted by Gasteiger charge is 2.33. The average molecular weight is 289 g/mol. The lowest BCUT2D eigenvalue weighted by Gasteiger charge is -2.42. The van der Waals surface area contributed by atoms with Crippen LogP contribution in [0.25, 0.3) is 6.08 Å². The molecule has 116 valence electrons. The van der Waals surface area contributed by atoms with Gasteiger partial charge in [0.25, 0.3) is 0 Å². The van der Waals surface area contributed by atoms with Crippen LogP contribution in [0.15, 0.2) is 35.9 Å². The Bertz CT molecular complexity index is 467. The van der Waals surface area contributed by atoms with E-state index in [2.05, 4.69) is 56.0 Å². The average Bonchev–Trinajstić information content (AvgIpc) is 2.38. The Hall–Kier alpha value is -1.16. The largest absolute Gasteiger partial charge is 0.382 e. The zero-order chi connectivity index (χ0) is 15.3. The van der Waals surface area contributed by atoms with Gasteiger partial charge in [0.2, 0.25) is 0 Å². The maximum Gasteiger partial charge on any atom is 0.0942 e. The van der Waals surface area contributed by atoms with Gasteiger partial charge in [-0.15, -0.1) is 0 Å². The zero-order valence-corrected chi connectivity index (χ0v) is 13.6. The molecule has 3 nitrogen and oxygen atoms in total. The molecule has 0 aliphatic carbocycles. The first-order valence-corrected chi connectivity index (χ1v) is 7.60. The van der Waals surface area contributed by atoms with Crippen LogP contribution in [0.5, 0.6) is 0 Å². The highest BCUT2D eigenvalue weighted by atomic mass is 16.5. The third-order valence-electron chi connectivity index (χ3n) is 3.59. The number of methoxy groups -OCH3 is 1. The fourth-order valence-electron chi connectivity index (χ4n) is 3.04. The highest BCUT2D eigenvalue weighted by Crippen LogP contribution is 2.22. The van der Waals surface area contributed by atoms with Gasteiger partial charge in [-0.25, -0.2) is 0 Å². The van der Waals surface area contributed by atoms with Crippen LogP contribution >= 0.6 is 0 Å². The van der Waals surface area contributed by atoms with Gasteiger partial charge >= 0.3 is 0 Å². The molecule has 0 N–H and O–H groups in total. The molecule has 0 aromatic heterocycles. The van der Waals surface area contributed by atoms with E-state index in [-0.39, 0.29) is 11.7 Å². The van der Waals surface area contributed by atoms with Crippen molar-refractivity contribution in [1.82, 2.24) is 4.90 Å². The minimum atomic E-state index is -0.117. The molecule has 1 saturated heterocycles. The molecule has 21 heavy (non-hydrogen) atoms. The lowest BCUT2D eigenvalue weighted by molar-refractivity contribution is -0.150. The van der Waals surface area contributed by atoms with E-state index in [0.717, 1.165) is 19.6 Å². The summed E-state index contributed by atoms with van der Waals surface area (Å²) in [6, 6.07) is 10.5. The fourth-order valence-corrected chi connectivity index (χ4v) is 3.04. The number of hydrogen-bond donors (Lipinski definition) is 0. The molecule has 0 radical (unpaired) electrons. The van der Waals surface area contributed by atoms with Crippen molar-refractivity contribution >= 4 is 6.08 Å². The summed E-state index contributed by atoms with van der Waals surface area (Å²) < 4.78 is 11.3. The molecule has 3 heteroatoms. The van der Waals surface area contributed by atoms with E-state index >= 15 is 0 Å². The predicted octanol–water partition coefficient (Wildman–Crippen LogP) is 3.22. The quantitative estimate of drug-likeness (QED) is 0.831. The van der Waals surface area contributed by atoms with Gasteiger partial charge in [-0.2, -0.15) is 0 Å². The summed E-state index contributed by atoms with van der Waals surface area (Å²) >= 11 is 0. The Morgan fingerprint density at radius 2 is 2.10 bits per heavy atom. The van der Waals surface area contributed by atoms with Crippen LogP contribution in [0.2, 0.25) is 0 Å². The zero-order valence-electron chi connectivity index (χ0n) is 13.6. The van der Waals surface area contributed by atoms with E-state index in [1.807, 2.05) is 6.07 Å². The summed E-state index contributed by atoms with van der Waals surface area (Å²) in [6.45, 7) is 10.0. The molecule has 1 atom stereocenters. The summed E-state index contributed by atoms with van der Waals surface area (Å²) in [5.41, 5.74) is 2.51. The van der Waals surface area contributed by atoms with Gasteiger partial charge in [0.1, 0.15) is 0 Å². The second-order valence-corrected chi connectivity index (χ2v) is 6.53. The van der Waals surface area contributed by atoms with Crippen LogP contribution in [0.4, 0.5) is 0 Å². The van der Waals surface area contributed by atoms with Crippen molar-refractivity contribution in [3.05, 3.63) is 41.5 Å². The predicted molar refractivity (Wildman–Crippen MR) is 87.4 cm³/mol. The van der Waals surface area contributed by atoms with Crippen LogP contribution in [0, 0.1) is 0 Å². The number of hydrogen-bond acceptors (Lipinski definition) is 3. The van der Waals surface area contributed by atoms with Crippen LogP contribution in [-0.4, -0.2) is 50.0 Å². The van der Waals surface area contributed by atoms with E-state index in [0.29, 0.717) is 6.61 Å². The Labute approximate surface area is 128 Å². The van der Waals surface area contributed by atoms with Gasteiger partial charge in [0.05, 0.1) is 18.3 Å². The number of morpholine rings is 1. The molecule has 1 aliphatic rings. The van der Waals surface area contributed by atoms with Crippen molar-refractivity contribution in [1.29, 1.82) is 0 Å². The SMILES string of the molecule is COCC1CN(C/C(C)=C/c2ccccc2)CC(C)(C)O1. The van der Waals surface area contributed by atoms with Gasteiger partial charge in [-0.05, 0) is 26.3 Å². The first-order chi connectivity index (χ1) is 9.98. The Balaban J connectivity index is 1.99. The van der Waals surface area contributed by atoms with E-state index in [9.17, 15) is 0 Å². The molecule has 0 amide bonds. The summed E-state index contributed by atoms with van der Waals surface area (Å²) in [5.74, 6) is 0. The third kappa shape index (κ3) is 5.27. The van der Waals surface area contributed by atoms with E-state index in [1.165, 1.54) is 11.1 Å². The van der Waals surface area contributed by atoms with Crippen LogP contribution in [0.1, 0.15) is 26.3 Å². The second kappa shape index (κ2) is 7.21. The normalized spacial score (nSPS) is 23.2. The topological polar surface area (TPSA) is 21.7 Å². The summed E-state index contributed by atoms with van der Waals surface area (Å²) in [5, 5.41) is 0. The molecule has 1 fully saturated rings. The summed E-state index contributed by atoms with van der Waals surface area (Å²) in [4.78, 5) is 2.46. The maximum absolute atomic E-state index is 6.06. The third-order valence-corrected chi connectivity index (χ3v) is 3.59. The van der Waals surface area contributed by atoms with Crippen LogP contribution in [-0.2, 0) is 9.47 Å². The van der Waals surface area contributed by atoms with Gasteiger partial charge in [0, 0.05) is 26.7 Å². The summed E-state index contributed by atoms with van der Waals surface area (Å²) in [6.07, 6.45) is 2.41. The molecule has 1 aromatic rings. The van der Waals surface area contributed by atoms with Crippen molar-refractivity contribution in [2.45, 2.75) is 32.5 Å². The minimum Gasteiger partial charge on any atom is -0.382 e. The van der Waals surface area contributed by atoms with Gasteiger partial charge < -0.3 is 9.47 Å². The maximum atomic E-state index is 6.06. The van der Waals surface area contributed by atoms with Gasteiger partial charge in [0.15, 0.2) is 0 Å². The molecule has 1 unspecified atom stereocenters.